The van der Waals surface area contributed by atoms with E-state index in [0.29, 0.717) is 16.6 Å². The molecule has 0 fully saturated rings. The first-order valence-corrected chi connectivity index (χ1v) is 6.35. The number of nitrogens with zero attached hydrogens (tertiary/aromatic N) is 1. The van der Waals surface area contributed by atoms with Gasteiger partial charge in [0.25, 0.3) is 0 Å². The van der Waals surface area contributed by atoms with Crippen LogP contribution in [0.5, 0.6) is 11.5 Å². The lowest BCUT2D eigenvalue weighted by atomic mass is 10.0. The number of methoxy groups -OCH3 is 1. The van der Waals surface area contributed by atoms with Crippen molar-refractivity contribution in [2.45, 2.75) is 19.4 Å². The van der Waals surface area contributed by atoms with Gasteiger partial charge in [0.15, 0.2) is 11.5 Å². The van der Waals surface area contributed by atoms with Crippen molar-refractivity contribution < 1.29 is 9.47 Å². The molecular formula is C13H14ClN3O2. The average molecular weight is 280 g/mol. The minimum atomic E-state index is 0.100. The highest BCUT2D eigenvalue weighted by Crippen LogP contribution is 2.46. The highest BCUT2D eigenvalue weighted by Gasteiger charge is 2.28. The molecule has 100 valence electrons. The number of aromatic nitrogens is 2. The Kier molecular flexibility index (Phi) is 2.78. The molecule has 1 aliphatic rings. The number of benzene rings is 1. The van der Waals surface area contributed by atoms with Gasteiger partial charge in [0, 0.05) is 23.6 Å². The van der Waals surface area contributed by atoms with Crippen LogP contribution in [0.15, 0.2) is 12.1 Å². The number of nitrogens with one attached hydrogen (secondary N) is 1. The van der Waals surface area contributed by atoms with Crippen LogP contribution in [-0.4, -0.2) is 23.4 Å². The fourth-order valence-corrected chi connectivity index (χ4v) is 2.65. The summed E-state index contributed by atoms with van der Waals surface area (Å²) < 4.78 is 11.1. The maximum absolute atomic E-state index is 6.47. The van der Waals surface area contributed by atoms with Gasteiger partial charge in [0.05, 0.1) is 17.8 Å². The zero-order valence-electron chi connectivity index (χ0n) is 10.7. The molecule has 1 aromatic heterocycles. The number of anilines is 1. The molecule has 1 aromatic carbocycles. The van der Waals surface area contributed by atoms with Crippen LogP contribution in [0.3, 0.4) is 0 Å². The lowest BCUT2D eigenvalue weighted by molar-refractivity contribution is 0.243. The van der Waals surface area contributed by atoms with E-state index >= 15 is 0 Å². The molecule has 0 radical (unpaired) electrons. The van der Waals surface area contributed by atoms with E-state index in [0.717, 1.165) is 29.0 Å². The molecule has 0 spiro atoms. The Morgan fingerprint density at radius 3 is 2.95 bits per heavy atom. The molecule has 0 amide bonds. The molecule has 1 atom stereocenters. The molecular weight excluding hydrogens is 266 g/mol. The van der Waals surface area contributed by atoms with Crippen LogP contribution < -0.4 is 15.2 Å². The van der Waals surface area contributed by atoms with Crippen molar-refractivity contribution in [3.8, 4) is 22.8 Å². The molecule has 0 bridgehead atoms. The number of fused-ring (bicyclic) bond motifs is 1. The van der Waals surface area contributed by atoms with Crippen LogP contribution in [0, 0.1) is 0 Å². The Labute approximate surface area is 115 Å². The molecule has 3 rings (SSSR count). The highest BCUT2D eigenvalue weighted by molar-refractivity contribution is 6.34. The molecule has 19 heavy (non-hydrogen) atoms. The third kappa shape index (κ3) is 1.90. The predicted molar refractivity (Wildman–Crippen MR) is 73.8 cm³/mol. The van der Waals surface area contributed by atoms with Gasteiger partial charge in [-0.1, -0.05) is 11.6 Å². The third-order valence-electron chi connectivity index (χ3n) is 3.19. The van der Waals surface area contributed by atoms with Crippen molar-refractivity contribution in [1.29, 1.82) is 0 Å². The molecule has 1 aliphatic heterocycles. The zero-order valence-corrected chi connectivity index (χ0v) is 11.4. The summed E-state index contributed by atoms with van der Waals surface area (Å²) in [6.07, 6.45) is 0.866. The van der Waals surface area contributed by atoms with Crippen molar-refractivity contribution in [3.63, 3.8) is 0 Å². The van der Waals surface area contributed by atoms with Crippen molar-refractivity contribution in [3.05, 3.63) is 22.7 Å². The van der Waals surface area contributed by atoms with Crippen molar-refractivity contribution in [1.82, 2.24) is 10.2 Å². The van der Waals surface area contributed by atoms with Crippen LogP contribution in [0.2, 0.25) is 5.02 Å². The number of H-pyrrole nitrogens is 1. The normalized spacial score (nSPS) is 17.1. The van der Waals surface area contributed by atoms with Crippen LogP contribution in [0.1, 0.15) is 12.5 Å². The summed E-state index contributed by atoms with van der Waals surface area (Å²) in [5, 5.41) is 7.44. The van der Waals surface area contributed by atoms with E-state index in [1.54, 1.807) is 13.2 Å². The summed E-state index contributed by atoms with van der Waals surface area (Å²) in [7, 11) is 1.61. The minimum absolute atomic E-state index is 0.100. The molecule has 5 nitrogen and oxygen atoms in total. The van der Waals surface area contributed by atoms with Crippen LogP contribution in [-0.2, 0) is 6.42 Å². The van der Waals surface area contributed by atoms with Crippen LogP contribution in [0.25, 0.3) is 11.3 Å². The smallest absolute Gasteiger partial charge is 0.166 e. The second-order valence-corrected chi connectivity index (χ2v) is 4.97. The van der Waals surface area contributed by atoms with E-state index in [2.05, 4.69) is 10.2 Å². The molecule has 0 aliphatic carbocycles. The monoisotopic (exact) mass is 279 g/mol. The number of aromatic amines is 1. The number of ether oxygens (including phenoxy) is 2. The van der Waals surface area contributed by atoms with Gasteiger partial charge in [-0.15, -0.1) is 0 Å². The molecule has 2 aromatic rings. The maximum Gasteiger partial charge on any atom is 0.166 e. The van der Waals surface area contributed by atoms with Crippen molar-refractivity contribution >= 4 is 17.4 Å². The molecule has 2 heterocycles. The molecule has 6 heteroatoms. The van der Waals surface area contributed by atoms with Crippen molar-refractivity contribution in [2.24, 2.45) is 0 Å². The number of halogens is 1. The molecule has 0 saturated heterocycles. The average Bonchev–Trinajstić information content (AvgIpc) is 2.96. The number of hydrogen-bond acceptors (Lipinski definition) is 4. The van der Waals surface area contributed by atoms with Gasteiger partial charge in [-0.05, 0) is 13.0 Å². The van der Waals surface area contributed by atoms with Gasteiger partial charge in [-0.2, -0.15) is 5.10 Å². The topological polar surface area (TPSA) is 73.2 Å². The minimum Gasteiger partial charge on any atom is -0.493 e. The number of hydrogen-bond donors (Lipinski definition) is 2. The highest BCUT2D eigenvalue weighted by atomic mass is 35.5. The fourth-order valence-electron chi connectivity index (χ4n) is 2.34. The van der Waals surface area contributed by atoms with Crippen LogP contribution in [0.4, 0.5) is 5.82 Å². The second-order valence-electron chi connectivity index (χ2n) is 4.59. The summed E-state index contributed by atoms with van der Waals surface area (Å²) >= 11 is 6.47. The summed E-state index contributed by atoms with van der Waals surface area (Å²) in [6.45, 7) is 2.00. The lowest BCUT2D eigenvalue weighted by Crippen LogP contribution is -2.05. The van der Waals surface area contributed by atoms with Crippen molar-refractivity contribution in [2.75, 3.05) is 12.8 Å². The third-order valence-corrected chi connectivity index (χ3v) is 3.62. The first-order chi connectivity index (χ1) is 9.10. The van der Waals surface area contributed by atoms with Gasteiger partial charge in [0.2, 0.25) is 0 Å². The standard InChI is InChI=1S/C13H14ClN3O2/c1-6-3-8-12(14)7(9-5-11(15)17-16-9)4-10(18-2)13(8)19-6/h4-6H,3H2,1-2H3,(H3,15,16,17). The summed E-state index contributed by atoms with van der Waals surface area (Å²) in [5.41, 5.74) is 8.18. The number of nitrogen functional groups attached to an aromatic ring is 1. The number of nitrogens with two attached hydrogens (primary N) is 1. The van der Waals surface area contributed by atoms with Crippen LogP contribution >= 0.6 is 11.6 Å². The van der Waals surface area contributed by atoms with Gasteiger partial charge < -0.3 is 15.2 Å². The summed E-state index contributed by atoms with van der Waals surface area (Å²) in [6, 6.07) is 3.58. The summed E-state index contributed by atoms with van der Waals surface area (Å²) in [5.74, 6) is 1.83. The Bertz CT molecular complexity index is 639. The predicted octanol–water partition coefficient (Wildman–Crippen LogP) is 2.64. The second kappa shape index (κ2) is 4.35. The SMILES string of the molecule is COc1cc(-c2cc(N)n[nH]2)c(Cl)c2c1OC(C)C2. The van der Waals surface area contributed by atoms with E-state index in [1.807, 2.05) is 13.0 Å². The Balaban J connectivity index is 2.20. The molecule has 1 unspecified atom stereocenters. The van der Waals surface area contributed by atoms with E-state index < -0.39 is 0 Å². The molecule has 3 N–H and O–H groups in total. The fraction of sp³-hybridized carbons (Fsp3) is 0.308. The first kappa shape index (κ1) is 12.2. The van der Waals surface area contributed by atoms with E-state index in [-0.39, 0.29) is 6.10 Å². The van der Waals surface area contributed by atoms with Gasteiger partial charge in [-0.3, -0.25) is 5.10 Å². The Hall–Kier alpha value is -1.88. The zero-order chi connectivity index (χ0) is 13.6. The largest absolute Gasteiger partial charge is 0.493 e. The Morgan fingerprint density at radius 1 is 1.53 bits per heavy atom. The van der Waals surface area contributed by atoms with Gasteiger partial charge in [-0.25, -0.2) is 0 Å². The summed E-state index contributed by atoms with van der Waals surface area (Å²) in [4.78, 5) is 0. The van der Waals surface area contributed by atoms with E-state index in [1.165, 1.54) is 0 Å². The number of rotatable bonds is 2. The first-order valence-electron chi connectivity index (χ1n) is 5.97. The lowest BCUT2D eigenvalue weighted by Gasteiger charge is -2.11. The quantitative estimate of drug-likeness (QED) is 0.886. The maximum atomic E-state index is 6.47. The van der Waals surface area contributed by atoms with E-state index in [4.69, 9.17) is 26.8 Å². The molecule has 0 saturated carbocycles. The van der Waals surface area contributed by atoms with E-state index in [9.17, 15) is 0 Å². The van der Waals surface area contributed by atoms with Gasteiger partial charge in [0.1, 0.15) is 11.9 Å². The Morgan fingerprint density at radius 2 is 2.32 bits per heavy atom. The van der Waals surface area contributed by atoms with Gasteiger partial charge >= 0.3 is 0 Å².